The molecule has 0 aliphatic heterocycles. The van der Waals surface area contributed by atoms with Gasteiger partial charge in [-0.25, -0.2) is 0 Å². The highest BCUT2D eigenvalue weighted by Crippen LogP contribution is 2.17. The van der Waals surface area contributed by atoms with E-state index >= 15 is 0 Å². The predicted octanol–water partition coefficient (Wildman–Crippen LogP) is 2.02. The Morgan fingerprint density at radius 2 is 1.59 bits per heavy atom. The van der Waals surface area contributed by atoms with Crippen LogP contribution in [-0.2, 0) is 0 Å². The molecule has 0 aliphatic carbocycles. The van der Waals surface area contributed by atoms with Gasteiger partial charge in [-0.15, -0.1) is 4.98 Å². The smallest absolute Gasteiger partial charge is 0.323 e. The second-order valence-electron chi connectivity index (χ2n) is 3.07. The van der Waals surface area contributed by atoms with E-state index in [9.17, 15) is 0 Å². The molecule has 0 amide bonds. The largest absolute Gasteiger partial charge is 0.463 e. The van der Waals surface area contributed by atoms with Crippen LogP contribution in [-0.4, -0.2) is 28.2 Å². The van der Waals surface area contributed by atoms with Crippen molar-refractivity contribution in [2.75, 3.05) is 13.2 Å². The molecular weight excluding hydrogens is 240 g/mol. The lowest BCUT2D eigenvalue weighted by molar-refractivity contribution is 0.256. The molecule has 1 aromatic heterocycles. The van der Waals surface area contributed by atoms with Gasteiger partial charge in [-0.1, -0.05) is 13.8 Å². The van der Waals surface area contributed by atoms with Gasteiger partial charge in [-0.05, 0) is 12.8 Å². The molecule has 0 atom stereocenters. The number of rotatable bonds is 7. The fourth-order valence-electron chi connectivity index (χ4n) is 0.923. The van der Waals surface area contributed by atoms with E-state index < -0.39 is 0 Å². The Balaban J connectivity index is 2.81. The summed E-state index contributed by atoms with van der Waals surface area (Å²) in [6, 6.07) is 0.399. The fraction of sp³-hybridized carbons (Fsp3) is 0.600. The number of aromatic nitrogens is 3. The molecule has 1 heterocycles. The molecule has 0 aliphatic rings. The summed E-state index contributed by atoms with van der Waals surface area (Å²) in [4.78, 5) is 12.0. The maximum Gasteiger partial charge on any atom is 0.323 e. The van der Waals surface area contributed by atoms with Crippen molar-refractivity contribution >= 4 is 11.8 Å². The zero-order valence-corrected chi connectivity index (χ0v) is 10.7. The first-order chi connectivity index (χ1) is 8.30. The fourth-order valence-corrected chi connectivity index (χ4v) is 1.25. The van der Waals surface area contributed by atoms with Crippen LogP contribution in [0.15, 0.2) is 5.16 Å². The average molecular weight is 254 g/mol. The van der Waals surface area contributed by atoms with E-state index in [-0.39, 0.29) is 12.0 Å². The molecule has 0 aromatic carbocycles. The minimum Gasteiger partial charge on any atom is -0.463 e. The number of hydrogen-bond acceptors (Lipinski definition) is 7. The summed E-state index contributed by atoms with van der Waals surface area (Å²) in [7, 11) is 0. The molecule has 0 unspecified atom stereocenters. The maximum atomic E-state index is 8.58. The number of nitrogens with zero attached hydrogens (tertiary/aromatic N) is 4. The molecule has 1 aromatic rings. The van der Waals surface area contributed by atoms with Crippen LogP contribution in [0.25, 0.3) is 0 Å². The van der Waals surface area contributed by atoms with Crippen molar-refractivity contribution in [2.24, 2.45) is 0 Å². The van der Waals surface area contributed by atoms with Crippen LogP contribution in [0.2, 0.25) is 0 Å². The van der Waals surface area contributed by atoms with E-state index in [4.69, 9.17) is 14.7 Å². The highest BCUT2D eigenvalue weighted by molar-refractivity contribution is 8.03. The van der Waals surface area contributed by atoms with Gasteiger partial charge in [-0.2, -0.15) is 15.2 Å². The van der Waals surface area contributed by atoms with Crippen molar-refractivity contribution in [3.8, 4) is 17.4 Å². The van der Waals surface area contributed by atoms with E-state index in [0.29, 0.717) is 18.4 Å². The third-order valence-electron chi connectivity index (χ3n) is 1.58. The van der Waals surface area contributed by atoms with Crippen molar-refractivity contribution in [3.63, 3.8) is 0 Å². The van der Waals surface area contributed by atoms with Gasteiger partial charge in [0.15, 0.2) is 0 Å². The van der Waals surface area contributed by atoms with Gasteiger partial charge in [0.25, 0.3) is 0 Å². The highest BCUT2D eigenvalue weighted by atomic mass is 32.2. The van der Waals surface area contributed by atoms with Crippen molar-refractivity contribution in [1.29, 1.82) is 5.26 Å². The summed E-state index contributed by atoms with van der Waals surface area (Å²) >= 11 is 0.854. The molecule has 0 radical (unpaired) electrons. The number of nitriles is 1. The van der Waals surface area contributed by atoms with Crippen molar-refractivity contribution in [1.82, 2.24) is 15.0 Å². The summed E-state index contributed by atoms with van der Waals surface area (Å²) in [5.41, 5.74) is 0. The number of thiocyanates is 1. The van der Waals surface area contributed by atoms with Crippen LogP contribution >= 0.6 is 11.8 Å². The molecule has 0 saturated carbocycles. The van der Waals surface area contributed by atoms with E-state index in [1.54, 1.807) is 0 Å². The summed E-state index contributed by atoms with van der Waals surface area (Å²) < 4.78 is 10.6. The normalized spacial score (nSPS) is 9.71. The van der Waals surface area contributed by atoms with Crippen LogP contribution in [0, 0.1) is 10.7 Å². The molecule has 0 saturated heterocycles. The standard InChI is InChI=1S/C10H14N4O2S/c1-3-5-15-8-12-9(16-6-4-2)14-10(13-8)17-7-11/h3-6H2,1-2H3. The molecule has 7 heteroatoms. The van der Waals surface area contributed by atoms with Gasteiger partial charge in [0.05, 0.1) is 13.2 Å². The third-order valence-corrected chi connectivity index (χ3v) is 2.04. The predicted molar refractivity (Wildman–Crippen MR) is 62.9 cm³/mol. The lowest BCUT2D eigenvalue weighted by Crippen LogP contribution is -2.06. The summed E-state index contributed by atoms with van der Waals surface area (Å²) in [6.45, 7) is 5.02. The van der Waals surface area contributed by atoms with Crippen LogP contribution in [0.4, 0.5) is 0 Å². The Bertz CT molecular complexity index is 368. The first-order valence-electron chi connectivity index (χ1n) is 5.37. The second-order valence-corrected chi connectivity index (χ2v) is 3.83. The van der Waals surface area contributed by atoms with Gasteiger partial charge < -0.3 is 9.47 Å². The average Bonchev–Trinajstić information content (AvgIpc) is 2.34. The van der Waals surface area contributed by atoms with Crippen LogP contribution in [0.1, 0.15) is 26.7 Å². The Kier molecular flexibility index (Phi) is 6.10. The summed E-state index contributed by atoms with van der Waals surface area (Å²) in [5, 5.41) is 10.8. The number of thioether (sulfide) groups is 1. The topological polar surface area (TPSA) is 80.9 Å². The van der Waals surface area contributed by atoms with Gasteiger partial charge in [0.1, 0.15) is 5.40 Å². The molecular formula is C10H14N4O2S. The zero-order valence-electron chi connectivity index (χ0n) is 9.84. The first kappa shape index (κ1) is 13.5. The first-order valence-corrected chi connectivity index (χ1v) is 6.19. The summed E-state index contributed by atoms with van der Waals surface area (Å²) in [5.74, 6) is 0. The molecule has 92 valence electrons. The highest BCUT2D eigenvalue weighted by Gasteiger charge is 2.08. The molecule has 0 bridgehead atoms. The Morgan fingerprint density at radius 1 is 1.06 bits per heavy atom. The van der Waals surface area contributed by atoms with E-state index in [1.807, 2.05) is 19.2 Å². The number of hydrogen-bond donors (Lipinski definition) is 0. The maximum absolute atomic E-state index is 8.58. The Labute approximate surface area is 104 Å². The molecule has 0 fully saturated rings. The van der Waals surface area contributed by atoms with Gasteiger partial charge >= 0.3 is 12.0 Å². The second kappa shape index (κ2) is 7.68. The minimum absolute atomic E-state index is 0.200. The zero-order chi connectivity index (χ0) is 12.5. The molecule has 17 heavy (non-hydrogen) atoms. The third kappa shape index (κ3) is 4.87. The van der Waals surface area contributed by atoms with Crippen LogP contribution in [0.3, 0.4) is 0 Å². The molecule has 0 N–H and O–H groups in total. The lowest BCUT2D eigenvalue weighted by Gasteiger charge is -2.06. The van der Waals surface area contributed by atoms with E-state index in [1.165, 1.54) is 0 Å². The lowest BCUT2D eigenvalue weighted by atomic mass is 10.5. The molecule has 1 rings (SSSR count). The minimum atomic E-state index is 0.200. The van der Waals surface area contributed by atoms with Crippen molar-refractivity contribution in [2.45, 2.75) is 31.8 Å². The van der Waals surface area contributed by atoms with Gasteiger partial charge in [-0.3, -0.25) is 0 Å². The monoisotopic (exact) mass is 254 g/mol. The van der Waals surface area contributed by atoms with Gasteiger partial charge in [0, 0.05) is 11.8 Å². The Hall–Kier alpha value is -1.55. The summed E-state index contributed by atoms with van der Waals surface area (Å²) in [6.07, 6.45) is 1.72. The van der Waals surface area contributed by atoms with E-state index in [0.717, 1.165) is 24.6 Å². The van der Waals surface area contributed by atoms with Crippen LogP contribution in [0.5, 0.6) is 12.0 Å². The van der Waals surface area contributed by atoms with E-state index in [2.05, 4.69) is 15.0 Å². The van der Waals surface area contributed by atoms with Crippen molar-refractivity contribution in [3.05, 3.63) is 0 Å². The SMILES string of the molecule is CCCOc1nc(OCCC)nc(SC#N)n1. The van der Waals surface area contributed by atoms with Crippen LogP contribution < -0.4 is 9.47 Å². The Morgan fingerprint density at radius 3 is 2.00 bits per heavy atom. The van der Waals surface area contributed by atoms with Crippen molar-refractivity contribution < 1.29 is 9.47 Å². The molecule has 0 spiro atoms. The quantitative estimate of drug-likeness (QED) is 0.544. The van der Waals surface area contributed by atoms with Gasteiger partial charge in [0.2, 0.25) is 5.16 Å². The number of ether oxygens (including phenoxy) is 2. The molecule has 6 nitrogen and oxygen atoms in total.